The topological polar surface area (TPSA) is 57.6 Å². The van der Waals surface area contributed by atoms with Gasteiger partial charge < -0.3 is 5.11 Å². The van der Waals surface area contributed by atoms with Crippen LogP contribution < -0.4 is 0 Å². The van der Waals surface area contributed by atoms with Crippen molar-refractivity contribution in [1.29, 1.82) is 0 Å². The summed E-state index contributed by atoms with van der Waals surface area (Å²) in [6, 6.07) is 2.92. The average Bonchev–Trinajstić information content (AvgIpc) is 3.07. The minimum Gasteiger partial charge on any atom is -0.395 e. The summed E-state index contributed by atoms with van der Waals surface area (Å²) in [4.78, 5) is -0.0978. The maximum Gasteiger partial charge on any atom is 0.246 e. The van der Waals surface area contributed by atoms with Crippen LogP contribution in [-0.4, -0.2) is 37.0 Å². The SMILES string of the molecule is O=S(=O)(c1c(Cl)cc(Br)cc1Cl)N(CCO)C1CC1. The van der Waals surface area contributed by atoms with Crippen LogP contribution in [0.1, 0.15) is 12.8 Å². The summed E-state index contributed by atoms with van der Waals surface area (Å²) in [6.07, 6.45) is 1.59. The molecule has 1 N–H and O–H groups in total. The molecule has 1 saturated carbocycles. The molecule has 0 aromatic heterocycles. The van der Waals surface area contributed by atoms with Crippen LogP contribution in [-0.2, 0) is 10.0 Å². The first-order valence-electron chi connectivity index (χ1n) is 5.65. The van der Waals surface area contributed by atoms with Crippen molar-refractivity contribution >= 4 is 49.2 Å². The number of hydrogen-bond donors (Lipinski definition) is 1. The quantitative estimate of drug-likeness (QED) is 0.843. The van der Waals surface area contributed by atoms with E-state index < -0.39 is 10.0 Å². The molecule has 0 bridgehead atoms. The molecule has 0 amide bonds. The summed E-state index contributed by atoms with van der Waals surface area (Å²) >= 11 is 15.2. The van der Waals surface area contributed by atoms with Gasteiger partial charge in [0.2, 0.25) is 10.0 Å². The Morgan fingerprint density at radius 2 is 1.84 bits per heavy atom. The molecule has 1 aliphatic rings. The number of halogens is 3. The summed E-state index contributed by atoms with van der Waals surface area (Å²) < 4.78 is 27.1. The maximum absolute atomic E-state index is 12.6. The monoisotopic (exact) mass is 387 g/mol. The molecule has 0 saturated heterocycles. The Hall–Kier alpha value is 0.150. The van der Waals surface area contributed by atoms with E-state index in [0.29, 0.717) is 4.47 Å². The molecular formula is C11H12BrCl2NO3S. The van der Waals surface area contributed by atoms with Crippen molar-refractivity contribution in [2.24, 2.45) is 0 Å². The van der Waals surface area contributed by atoms with Crippen LogP contribution in [0.5, 0.6) is 0 Å². The van der Waals surface area contributed by atoms with Gasteiger partial charge in [-0.2, -0.15) is 4.31 Å². The van der Waals surface area contributed by atoms with E-state index in [0.717, 1.165) is 12.8 Å². The van der Waals surface area contributed by atoms with E-state index in [1.165, 1.54) is 16.4 Å². The van der Waals surface area contributed by atoms with Gasteiger partial charge in [0.25, 0.3) is 0 Å². The predicted octanol–water partition coefficient (Wildman–Crippen LogP) is 2.90. The average molecular weight is 389 g/mol. The molecule has 0 atom stereocenters. The van der Waals surface area contributed by atoms with E-state index in [-0.39, 0.29) is 34.1 Å². The first-order chi connectivity index (χ1) is 8.87. The van der Waals surface area contributed by atoms with Gasteiger partial charge in [-0.15, -0.1) is 0 Å². The molecule has 0 aliphatic heterocycles. The fourth-order valence-corrected chi connectivity index (χ4v) is 5.42. The molecule has 4 nitrogen and oxygen atoms in total. The lowest BCUT2D eigenvalue weighted by Crippen LogP contribution is -2.35. The lowest BCUT2D eigenvalue weighted by Gasteiger charge is -2.22. The molecule has 0 spiro atoms. The van der Waals surface area contributed by atoms with Gasteiger partial charge in [0, 0.05) is 17.1 Å². The Kier molecular flexibility index (Phi) is 4.80. The summed E-state index contributed by atoms with van der Waals surface area (Å²) in [5.41, 5.74) is 0. The van der Waals surface area contributed by atoms with Crippen molar-refractivity contribution in [3.63, 3.8) is 0 Å². The van der Waals surface area contributed by atoms with Gasteiger partial charge in [0.1, 0.15) is 4.90 Å². The standard InChI is InChI=1S/C11H12BrCl2NO3S/c12-7-5-9(13)11(10(14)6-7)19(17,18)15(3-4-16)8-1-2-8/h5-6,8,16H,1-4H2. The minimum atomic E-state index is -3.79. The van der Waals surface area contributed by atoms with Crippen molar-refractivity contribution in [1.82, 2.24) is 4.31 Å². The molecule has 1 aromatic carbocycles. The molecule has 0 radical (unpaired) electrons. The fourth-order valence-electron chi connectivity index (χ4n) is 1.85. The number of nitrogens with zero attached hydrogens (tertiary/aromatic N) is 1. The number of aliphatic hydroxyl groups excluding tert-OH is 1. The molecule has 1 aromatic rings. The molecule has 0 unspecified atom stereocenters. The second kappa shape index (κ2) is 5.87. The van der Waals surface area contributed by atoms with E-state index in [4.69, 9.17) is 28.3 Å². The van der Waals surface area contributed by atoms with Gasteiger partial charge in [0.15, 0.2) is 0 Å². The van der Waals surface area contributed by atoms with Crippen LogP contribution in [0.2, 0.25) is 10.0 Å². The molecule has 1 fully saturated rings. The fraction of sp³-hybridized carbons (Fsp3) is 0.455. The van der Waals surface area contributed by atoms with E-state index >= 15 is 0 Å². The third kappa shape index (κ3) is 3.25. The predicted molar refractivity (Wildman–Crippen MR) is 78.2 cm³/mol. The molecule has 106 valence electrons. The van der Waals surface area contributed by atoms with Crippen molar-refractivity contribution in [3.05, 3.63) is 26.7 Å². The van der Waals surface area contributed by atoms with Crippen LogP contribution in [0.25, 0.3) is 0 Å². The van der Waals surface area contributed by atoms with E-state index in [1.54, 1.807) is 0 Å². The van der Waals surface area contributed by atoms with E-state index in [9.17, 15) is 8.42 Å². The van der Waals surface area contributed by atoms with Gasteiger partial charge in [-0.25, -0.2) is 8.42 Å². The van der Waals surface area contributed by atoms with Crippen LogP contribution in [0.4, 0.5) is 0 Å². The van der Waals surface area contributed by atoms with Crippen LogP contribution >= 0.6 is 39.1 Å². The third-order valence-corrected chi connectivity index (χ3v) is 6.14. The Labute approximate surface area is 130 Å². The summed E-state index contributed by atoms with van der Waals surface area (Å²) in [6.45, 7) is -0.183. The summed E-state index contributed by atoms with van der Waals surface area (Å²) in [5.74, 6) is 0. The number of hydrogen-bond acceptors (Lipinski definition) is 3. The molecular weight excluding hydrogens is 377 g/mol. The number of benzene rings is 1. The highest BCUT2D eigenvalue weighted by Gasteiger charge is 2.39. The Morgan fingerprint density at radius 3 is 2.26 bits per heavy atom. The smallest absolute Gasteiger partial charge is 0.246 e. The Balaban J connectivity index is 2.49. The largest absolute Gasteiger partial charge is 0.395 e. The first kappa shape index (κ1) is 15.5. The Morgan fingerprint density at radius 1 is 1.32 bits per heavy atom. The zero-order valence-electron chi connectivity index (χ0n) is 9.81. The third-order valence-electron chi connectivity index (χ3n) is 2.80. The van der Waals surface area contributed by atoms with Crippen molar-refractivity contribution < 1.29 is 13.5 Å². The lowest BCUT2D eigenvalue weighted by atomic mass is 10.4. The lowest BCUT2D eigenvalue weighted by molar-refractivity contribution is 0.250. The summed E-state index contributed by atoms with van der Waals surface area (Å²) in [5, 5.41) is 9.17. The van der Waals surface area contributed by atoms with Crippen LogP contribution in [0, 0.1) is 0 Å². The highest BCUT2D eigenvalue weighted by atomic mass is 79.9. The van der Waals surface area contributed by atoms with Crippen LogP contribution in [0.3, 0.4) is 0 Å². The Bertz CT molecular complexity index is 567. The van der Waals surface area contributed by atoms with Crippen LogP contribution in [0.15, 0.2) is 21.5 Å². The van der Waals surface area contributed by atoms with Crippen molar-refractivity contribution in [2.75, 3.05) is 13.2 Å². The highest BCUT2D eigenvalue weighted by Crippen LogP contribution is 2.38. The first-order valence-corrected chi connectivity index (χ1v) is 8.64. The number of aliphatic hydroxyl groups is 1. The normalized spacial score (nSPS) is 16.1. The molecule has 2 rings (SSSR count). The zero-order valence-corrected chi connectivity index (χ0v) is 13.7. The molecule has 1 aliphatic carbocycles. The van der Waals surface area contributed by atoms with Crippen molar-refractivity contribution in [3.8, 4) is 0 Å². The highest BCUT2D eigenvalue weighted by molar-refractivity contribution is 9.10. The molecule has 8 heteroatoms. The number of sulfonamides is 1. The van der Waals surface area contributed by atoms with Crippen molar-refractivity contribution in [2.45, 2.75) is 23.8 Å². The van der Waals surface area contributed by atoms with Gasteiger partial charge >= 0.3 is 0 Å². The zero-order chi connectivity index (χ0) is 14.2. The number of rotatable bonds is 5. The van der Waals surface area contributed by atoms with Gasteiger partial charge in [0.05, 0.1) is 16.7 Å². The summed E-state index contributed by atoms with van der Waals surface area (Å²) in [7, 11) is -3.79. The van der Waals surface area contributed by atoms with E-state index in [1.807, 2.05) is 0 Å². The minimum absolute atomic E-state index is 0.0513. The second-order valence-electron chi connectivity index (χ2n) is 4.27. The maximum atomic E-state index is 12.6. The van der Waals surface area contributed by atoms with E-state index in [2.05, 4.69) is 15.9 Å². The van der Waals surface area contributed by atoms with Gasteiger partial charge in [-0.05, 0) is 25.0 Å². The molecule has 19 heavy (non-hydrogen) atoms. The van der Waals surface area contributed by atoms with Gasteiger partial charge in [-0.3, -0.25) is 0 Å². The second-order valence-corrected chi connectivity index (χ2v) is 7.83. The molecule has 0 heterocycles. The van der Waals surface area contributed by atoms with Gasteiger partial charge in [-0.1, -0.05) is 39.1 Å².